The molecule has 0 aromatic heterocycles. The van der Waals surface area contributed by atoms with Crippen LogP contribution in [-0.2, 0) is 25.5 Å². The smallest absolute Gasteiger partial charge is 0.264 e. The fraction of sp³-hybridized carbons (Fsp3) is 0.600. The van der Waals surface area contributed by atoms with E-state index >= 15 is 0 Å². The predicted molar refractivity (Wildman–Crippen MR) is 83.6 cm³/mol. The van der Waals surface area contributed by atoms with Gasteiger partial charge in [-0.2, -0.15) is 8.42 Å². The minimum atomic E-state index is -3.35. The van der Waals surface area contributed by atoms with Gasteiger partial charge in [-0.25, -0.2) is 0 Å². The molecule has 1 saturated heterocycles. The van der Waals surface area contributed by atoms with Gasteiger partial charge in [-0.15, -0.1) is 0 Å². The molecule has 1 N–H and O–H groups in total. The molecule has 1 aromatic carbocycles. The van der Waals surface area contributed by atoms with Crippen LogP contribution in [0.25, 0.3) is 0 Å². The van der Waals surface area contributed by atoms with Crippen molar-refractivity contribution in [2.75, 3.05) is 33.2 Å². The van der Waals surface area contributed by atoms with Gasteiger partial charge in [0.05, 0.1) is 26.1 Å². The van der Waals surface area contributed by atoms with E-state index in [0.29, 0.717) is 6.42 Å². The second-order valence-electron chi connectivity index (χ2n) is 4.93. The highest BCUT2D eigenvalue weighted by atomic mass is 32.2. The van der Waals surface area contributed by atoms with Crippen molar-refractivity contribution in [1.29, 1.82) is 0 Å². The topological polar surface area (TPSA) is 82.1 Å². The van der Waals surface area contributed by atoms with Crippen LogP contribution in [0.5, 0.6) is 5.75 Å². The van der Waals surface area contributed by atoms with E-state index in [1.807, 2.05) is 24.3 Å². The molecular formula is C15H24O6S. The van der Waals surface area contributed by atoms with E-state index in [1.54, 1.807) is 7.11 Å². The number of hydrogen-bond acceptors (Lipinski definition) is 6. The first-order valence-electron chi connectivity index (χ1n) is 7.14. The Bertz CT molecular complexity index is 523. The first-order chi connectivity index (χ1) is 10.4. The van der Waals surface area contributed by atoms with Crippen LogP contribution in [0, 0.1) is 0 Å². The van der Waals surface area contributed by atoms with Crippen LogP contribution in [0.1, 0.15) is 18.4 Å². The largest absolute Gasteiger partial charge is 0.496 e. The molecule has 1 aliphatic rings. The van der Waals surface area contributed by atoms with Crippen molar-refractivity contribution >= 4 is 10.1 Å². The predicted octanol–water partition coefficient (Wildman–Crippen LogP) is 1.37. The lowest BCUT2D eigenvalue weighted by atomic mass is 10.1. The zero-order valence-corrected chi connectivity index (χ0v) is 13.8. The number of para-hydroxylation sites is 1. The molecule has 0 aliphatic carbocycles. The molecule has 0 saturated carbocycles. The van der Waals surface area contributed by atoms with Crippen molar-refractivity contribution in [2.45, 2.75) is 25.4 Å². The SMILES string of the molecule is COc1ccccc1CCOS(C)(=O)=O.OC1CCOCC1. The number of aliphatic hydroxyl groups excluding tert-OH is 1. The second kappa shape index (κ2) is 9.78. The molecule has 6 nitrogen and oxygen atoms in total. The third kappa shape index (κ3) is 8.33. The van der Waals surface area contributed by atoms with Gasteiger partial charge in [0, 0.05) is 19.6 Å². The van der Waals surface area contributed by atoms with E-state index in [0.717, 1.165) is 43.6 Å². The van der Waals surface area contributed by atoms with E-state index in [4.69, 9.17) is 14.6 Å². The van der Waals surface area contributed by atoms with Gasteiger partial charge in [0.25, 0.3) is 10.1 Å². The Kier molecular flexibility index (Phi) is 8.40. The summed E-state index contributed by atoms with van der Waals surface area (Å²) in [6.07, 6.45) is 3.10. The zero-order valence-electron chi connectivity index (χ0n) is 13.0. The number of methoxy groups -OCH3 is 1. The Labute approximate surface area is 132 Å². The summed E-state index contributed by atoms with van der Waals surface area (Å²) in [5.74, 6) is 0.745. The Morgan fingerprint density at radius 3 is 2.41 bits per heavy atom. The number of ether oxygens (including phenoxy) is 2. The molecule has 0 bridgehead atoms. The molecule has 1 fully saturated rings. The Morgan fingerprint density at radius 1 is 1.27 bits per heavy atom. The molecule has 0 unspecified atom stereocenters. The quantitative estimate of drug-likeness (QED) is 0.820. The number of rotatable bonds is 5. The summed E-state index contributed by atoms with van der Waals surface area (Å²) in [6.45, 7) is 1.61. The molecule has 7 heteroatoms. The summed E-state index contributed by atoms with van der Waals surface area (Å²) in [6, 6.07) is 7.44. The molecule has 22 heavy (non-hydrogen) atoms. The van der Waals surface area contributed by atoms with E-state index in [-0.39, 0.29) is 12.7 Å². The van der Waals surface area contributed by atoms with Crippen molar-refractivity contribution in [1.82, 2.24) is 0 Å². The van der Waals surface area contributed by atoms with Crippen LogP contribution < -0.4 is 4.74 Å². The van der Waals surface area contributed by atoms with Crippen LogP contribution in [0.2, 0.25) is 0 Å². The summed E-state index contributed by atoms with van der Waals surface area (Å²) in [4.78, 5) is 0. The lowest BCUT2D eigenvalue weighted by molar-refractivity contribution is 0.0140. The Hall–Kier alpha value is -1.15. The maximum atomic E-state index is 10.7. The standard InChI is InChI=1S/C10H14O4S.C5H10O2/c1-13-10-6-4-3-5-9(10)7-8-14-15(2,11)12;6-5-1-3-7-4-2-5/h3-6H,7-8H2,1-2H3;5-6H,1-4H2. The second-order valence-corrected chi connectivity index (χ2v) is 6.58. The van der Waals surface area contributed by atoms with E-state index in [1.165, 1.54) is 0 Å². The van der Waals surface area contributed by atoms with Gasteiger partial charge in [0.1, 0.15) is 5.75 Å². The van der Waals surface area contributed by atoms with Gasteiger partial charge in [0.15, 0.2) is 0 Å². The molecule has 1 aromatic rings. The highest BCUT2D eigenvalue weighted by molar-refractivity contribution is 7.85. The summed E-state index contributed by atoms with van der Waals surface area (Å²) in [5, 5.41) is 8.83. The van der Waals surface area contributed by atoms with E-state index in [2.05, 4.69) is 4.18 Å². The molecule has 0 amide bonds. The lowest BCUT2D eigenvalue weighted by Crippen LogP contribution is -2.19. The van der Waals surface area contributed by atoms with Gasteiger partial charge in [-0.3, -0.25) is 4.18 Å². The molecule has 0 atom stereocenters. The molecule has 2 rings (SSSR count). The summed E-state index contributed by atoms with van der Waals surface area (Å²) in [5.41, 5.74) is 0.934. The minimum Gasteiger partial charge on any atom is -0.496 e. The third-order valence-electron chi connectivity index (χ3n) is 3.05. The third-order valence-corrected chi connectivity index (χ3v) is 3.65. The first-order valence-corrected chi connectivity index (χ1v) is 8.96. The molecule has 1 heterocycles. The highest BCUT2D eigenvalue weighted by Gasteiger charge is 2.08. The number of aliphatic hydroxyl groups is 1. The lowest BCUT2D eigenvalue weighted by Gasteiger charge is -2.15. The normalized spacial score (nSPS) is 15.8. The first kappa shape index (κ1) is 18.9. The van der Waals surface area contributed by atoms with Crippen LogP contribution >= 0.6 is 0 Å². The molecular weight excluding hydrogens is 308 g/mol. The van der Waals surface area contributed by atoms with Gasteiger partial charge >= 0.3 is 0 Å². The number of benzene rings is 1. The molecule has 0 spiro atoms. The number of hydrogen-bond donors (Lipinski definition) is 1. The Balaban J connectivity index is 0.000000287. The molecule has 0 radical (unpaired) electrons. The molecule has 126 valence electrons. The average molecular weight is 332 g/mol. The van der Waals surface area contributed by atoms with Gasteiger partial charge in [-0.05, 0) is 24.5 Å². The van der Waals surface area contributed by atoms with Crippen molar-refractivity contribution in [3.8, 4) is 5.75 Å². The molecule has 1 aliphatic heterocycles. The summed E-state index contributed by atoms with van der Waals surface area (Å²) in [7, 11) is -1.78. The van der Waals surface area contributed by atoms with Crippen molar-refractivity contribution < 1.29 is 27.2 Å². The van der Waals surface area contributed by atoms with Crippen molar-refractivity contribution in [3.05, 3.63) is 29.8 Å². The van der Waals surface area contributed by atoms with Crippen LogP contribution in [0.15, 0.2) is 24.3 Å². The summed E-state index contributed by atoms with van der Waals surface area (Å²) < 4.78 is 36.2. The summed E-state index contributed by atoms with van der Waals surface area (Å²) >= 11 is 0. The zero-order chi connectivity index (χ0) is 16.4. The fourth-order valence-corrected chi connectivity index (χ4v) is 2.28. The minimum absolute atomic E-state index is 0.0891. The van der Waals surface area contributed by atoms with Gasteiger partial charge < -0.3 is 14.6 Å². The highest BCUT2D eigenvalue weighted by Crippen LogP contribution is 2.17. The van der Waals surface area contributed by atoms with Crippen molar-refractivity contribution in [2.24, 2.45) is 0 Å². The monoisotopic (exact) mass is 332 g/mol. The van der Waals surface area contributed by atoms with Crippen LogP contribution in [-0.4, -0.2) is 52.8 Å². The van der Waals surface area contributed by atoms with Crippen LogP contribution in [0.4, 0.5) is 0 Å². The average Bonchev–Trinajstić information content (AvgIpc) is 2.48. The maximum absolute atomic E-state index is 10.7. The van der Waals surface area contributed by atoms with Gasteiger partial charge in [0.2, 0.25) is 0 Å². The fourth-order valence-electron chi connectivity index (χ4n) is 1.90. The van der Waals surface area contributed by atoms with Gasteiger partial charge in [-0.1, -0.05) is 18.2 Å². The maximum Gasteiger partial charge on any atom is 0.264 e. The van der Waals surface area contributed by atoms with E-state index < -0.39 is 10.1 Å². The van der Waals surface area contributed by atoms with Crippen molar-refractivity contribution in [3.63, 3.8) is 0 Å². The Morgan fingerprint density at radius 2 is 1.91 bits per heavy atom. The van der Waals surface area contributed by atoms with E-state index in [9.17, 15) is 8.42 Å². The van der Waals surface area contributed by atoms with Crippen LogP contribution in [0.3, 0.4) is 0 Å².